The average molecular weight is 350 g/mol. The molecule has 20 heavy (non-hydrogen) atoms. The van der Waals surface area contributed by atoms with Crippen molar-refractivity contribution in [3.8, 4) is 0 Å². The Morgan fingerprint density at radius 2 is 1.95 bits per heavy atom. The summed E-state index contributed by atoms with van der Waals surface area (Å²) in [5.41, 5.74) is 2.28. The second-order valence-electron chi connectivity index (χ2n) is 6.13. The number of aromatic nitrogens is 1. The van der Waals surface area contributed by atoms with Crippen LogP contribution in [0.15, 0.2) is 28.7 Å². The molecule has 3 rings (SSSR count). The van der Waals surface area contributed by atoms with Gasteiger partial charge in [0.15, 0.2) is 5.78 Å². The second kappa shape index (κ2) is 5.08. The van der Waals surface area contributed by atoms with Crippen LogP contribution in [-0.4, -0.2) is 10.8 Å². The first-order valence-electron chi connectivity index (χ1n) is 6.69. The number of halogens is 1. The molecule has 1 heterocycles. The third-order valence-corrected chi connectivity index (χ3v) is 5.22. The normalized spacial score (nSPS) is 17.1. The van der Waals surface area contributed by atoms with E-state index in [0.717, 1.165) is 32.9 Å². The molecule has 0 spiro atoms. The summed E-state index contributed by atoms with van der Waals surface area (Å²) >= 11 is 5.01. The molecular weight excluding hydrogens is 334 g/mol. The van der Waals surface area contributed by atoms with Crippen LogP contribution in [0.4, 0.5) is 0 Å². The number of hydrogen-bond acceptors (Lipinski definition) is 3. The van der Waals surface area contributed by atoms with Crippen LogP contribution in [0, 0.1) is 5.41 Å². The van der Waals surface area contributed by atoms with Crippen LogP contribution in [0.2, 0.25) is 0 Å². The number of rotatable bonds is 2. The van der Waals surface area contributed by atoms with E-state index in [0.29, 0.717) is 6.42 Å². The number of carbonyl (C=O) groups excluding carboxylic acids is 1. The quantitative estimate of drug-likeness (QED) is 0.789. The second-order valence-corrected chi connectivity index (χ2v) is 8.13. The molecule has 1 aromatic carbocycles. The Morgan fingerprint density at radius 1 is 1.25 bits per heavy atom. The zero-order valence-electron chi connectivity index (χ0n) is 11.6. The van der Waals surface area contributed by atoms with Gasteiger partial charge in [0.2, 0.25) is 0 Å². The van der Waals surface area contributed by atoms with Gasteiger partial charge in [-0.3, -0.25) is 4.79 Å². The molecule has 0 N–H and O–H groups in total. The highest BCUT2D eigenvalue weighted by Crippen LogP contribution is 2.37. The van der Waals surface area contributed by atoms with Gasteiger partial charge in [0.25, 0.3) is 0 Å². The lowest BCUT2D eigenvalue weighted by Gasteiger charge is -2.26. The van der Waals surface area contributed by atoms with E-state index in [4.69, 9.17) is 4.98 Å². The van der Waals surface area contributed by atoms with Crippen molar-refractivity contribution in [1.29, 1.82) is 0 Å². The molecule has 0 saturated heterocycles. The fourth-order valence-corrected chi connectivity index (χ4v) is 3.94. The SMILES string of the molecule is CC1(C)CC(=O)c2sc(Cc3ccc(Br)cc3)nc2C1. The maximum absolute atomic E-state index is 12.2. The predicted octanol–water partition coefficient (Wildman–Crippen LogP) is 4.65. The van der Waals surface area contributed by atoms with Crippen LogP contribution in [0.3, 0.4) is 0 Å². The van der Waals surface area contributed by atoms with Crippen molar-refractivity contribution in [2.45, 2.75) is 33.1 Å². The molecule has 0 amide bonds. The van der Waals surface area contributed by atoms with Crippen LogP contribution in [-0.2, 0) is 12.8 Å². The molecule has 1 aliphatic rings. The van der Waals surface area contributed by atoms with Gasteiger partial charge in [-0.1, -0.05) is 41.9 Å². The van der Waals surface area contributed by atoms with E-state index in [9.17, 15) is 4.79 Å². The van der Waals surface area contributed by atoms with Gasteiger partial charge in [-0.15, -0.1) is 11.3 Å². The Labute approximate surface area is 131 Å². The minimum atomic E-state index is 0.0486. The van der Waals surface area contributed by atoms with E-state index in [2.05, 4.69) is 41.9 Å². The fraction of sp³-hybridized carbons (Fsp3) is 0.375. The Kier molecular flexibility index (Phi) is 3.55. The van der Waals surface area contributed by atoms with Gasteiger partial charge >= 0.3 is 0 Å². The topological polar surface area (TPSA) is 30.0 Å². The molecular formula is C16H16BrNOS. The summed E-state index contributed by atoms with van der Waals surface area (Å²) in [6.07, 6.45) is 2.35. The van der Waals surface area contributed by atoms with Gasteiger partial charge in [-0.2, -0.15) is 0 Å². The van der Waals surface area contributed by atoms with E-state index in [1.807, 2.05) is 12.1 Å². The molecule has 0 saturated carbocycles. The Balaban J connectivity index is 1.87. The fourth-order valence-electron chi connectivity index (χ4n) is 2.62. The predicted molar refractivity (Wildman–Crippen MR) is 85.5 cm³/mol. The minimum Gasteiger partial charge on any atom is -0.293 e. The smallest absolute Gasteiger partial charge is 0.175 e. The van der Waals surface area contributed by atoms with Crippen LogP contribution >= 0.6 is 27.3 Å². The lowest BCUT2D eigenvalue weighted by atomic mass is 9.78. The van der Waals surface area contributed by atoms with Gasteiger partial charge in [0.1, 0.15) is 0 Å². The van der Waals surface area contributed by atoms with E-state index in [1.54, 1.807) is 11.3 Å². The van der Waals surface area contributed by atoms with Gasteiger partial charge in [0.05, 0.1) is 15.6 Å². The molecule has 0 fully saturated rings. The number of benzene rings is 1. The lowest BCUT2D eigenvalue weighted by Crippen LogP contribution is -2.26. The maximum atomic E-state index is 12.2. The summed E-state index contributed by atoms with van der Waals surface area (Å²) < 4.78 is 1.08. The van der Waals surface area contributed by atoms with Crippen LogP contribution < -0.4 is 0 Å². The molecule has 0 atom stereocenters. The molecule has 104 valence electrons. The Morgan fingerprint density at radius 3 is 2.65 bits per heavy atom. The number of hydrogen-bond donors (Lipinski definition) is 0. The number of ketones is 1. The van der Waals surface area contributed by atoms with Gasteiger partial charge < -0.3 is 0 Å². The summed E-state index contributed by atoms with van der Waals surface area (Å²) in [7, 11) is 0. The highest BCUT2D eigenvalue weighted by Gasteiger charge is 2.33. The molecule has 0 aliphatic heterocycles. The van der Waals surface area contributed by atoms with Crippen LogP contribution in [0.25, 0.3) is 0 Å². The molecule has 4 heteroatoms. The molecule has 2 aromatic rings. The molecule has 0 bridgehead atoms. The van der Waals surface area contributed by atoms with Gasteiger partial charge in [-0.05, 0) is 29.5 Å². The number of Topliss-reactive ketones (excluding diaryl/α,β-unsaturated/α-hetero) is 1. The van der Waals surface area contributed by atoms with Crippen molar-refractivity contribution in [3.63, 3.8) is 0 Å². The molecule has 0 radical (unpaired) electrons. The maximum Gasteiger partial charge on any atom is 0.175 e. The number of nitrogens with zero attached hydrogens (tertiary/aromatic N) is 1. The number of thiazole rings is 1. The van der Waals surface area contributed by atoms with Gasteiger partial charge in [0, 0.05) is 17.3 Å². The van der Waals surface area contributed by atoms with Crippen molar-refractivity contribution < 1.29 is 4.79 Å². The highest BCUT2D eigenvalue weighted by molar-refractivity contribution is 9.10. The van der Waals surface area contributed by atoms with E-state index >= 15 is 0 Å². The Bertz CT molecular complexity index is 658. The van der Waals surface area contributed by atoms with Crippen LogP contribution in [0.5, 0.6) is 0 Å². The van der Waals surface area contributed by atoms with Crippen molar-refractivity contribution >= 4 is 33.0 Å². The molecule has 2 nitrogen and oxygen atoms in total. The standard InChI is InChI=1S/C16H16BrNOS/c1-16(2)8-12-15(13(19)9-16)20-14(18-12)7-10-3-5-11(17)6-4-10/h3-6H,7-9H2,1-2H3. The number of carbonyl (C=O) groups is 1. The molecule has 0 unspecified atom stereocenters. The summed E-state index contributed by atoms with van der Waals surface area (Å²) in [6, 6.07) is 8.26. The van der Waals surface area contributed by atoms with Crippen molar-refractivity contribution in [2.24, 2.45) is 5.41 Å². The van der Waals surface area contributed by atoms with Crippen LogP contribution in [0.1, 0.15) is 46.2 Å². The van der Waals surface area contributed by atoms with Crippen molar-refractivity contribution in [2.75, 3.05) is 0 Å². The Hall–Kier alpha value is -1.00. The van der Waals surface area contributed by atoms with E-state index in [1.165, 1.54) is 5.56 Å². The molecule has 1 aromatic heterocycles. The summed E-state index contributed by atoms with van der Waals surface area (Å²) in [4.78, 5) is 17.8. The van der Waals surface area contributed by atoms with Crippen molar-refractivity contribution in [3.05, 3.63) is 49.9 Å². The first-order chi connectivity index (χ1) is 9.43. The average Bonchev–Trinajstić information content (AvgIpc) is 2.73. The lowest BCUT2D eigenvalue weighted by molar-refractivity contribution is 0.0916. The van der Waals surface area contributed by atoms with Gasteiger partial charge in [-0.25, -0.2) is 4.98 Å². The highest BCUT2D eigenvalue weighted by atomic mass is 79.9. The third kappa shape index (κ3) is 2.86. The van der Waals surface area contributed by atoms with E-state index < -0.39 is 0 Å². The summed E-state index contributed by atoms with van der Waals surface area (Å²) in [6.45, 7) is 4.28. The first-order valence-corrected chi connectivity index (χ1v) is 8.30. The van der Waals surface area contributed by atoms with E-state index in [-0.39, 0.29) is 11.2 Å². The number of fused-ring (bicyclic) bond motifs is 1. The summed E-state index contributed by atoms with van der Waals surface area (Å²) in [5.74, 6) is 0.260. The summed E-state index contributed by atoms with van der Waals surface area (Å²) in [5, 5.41) is 1.04. The molecule has 1 aliphatic carbocycles. The zero-order valence-corrected chi connectivity index (χ0v) is 14.0. The minimum absolute atomic E-state index is 0.0486. The van der Waals surface area contributed by atoms with Crippen molar-refractivity contribution in [1.82, 2.24) is 4.98 Å². The zero-order chi connectivity index (χ0) is 14.3. The first kappa shape index (κ1) is 14.0. The largest absolute Gasteiger partial charge is 0.293 e. The monoisotopic (exact) mass is 349 g/mol. The third-order valence-electron chi connectivity index (χ3n) is 3.55.